The normalized spacial score (nSPS) is 22.4. The van der Waals surface area contributed by atoms with E-state index >= 15 is 0 Å². The molecule has 0 saturated carbocycles. The molecule has 26 heavy (non-hydrogen) atoms. The smallest absolute Gasteiger partial charge is 0.253 e. The van der Waals surface area contributed by atoms with E-state index in [4.69, 9.17) is 9.47 Å². The van der Waals surface area contributed by atoms with Crippen molar-refractivity contribution in [2.45, 2.75) is 26.7 Å². The Morgan fingerprint density at radius 1 is 1.19 bits per heavy atom. The van der Waals surface area contributed by atoms with Crippen LogP contribution in [0.5, 0.6) is 11.5 Å². The van der Waals surface area contributed by atoms with E-state index in [0.717, 1.165) is 50.9 Å². The lowest BCUT2D eigenvalue weighted by molar-refractivity contribution is 0.0758. The molecule has 0 spiro atoms. The van der Waals surface area contributed by atoms with E-state index in [1.54, 1.807) is 7.11 Å². The quantitative estimate of drug-likeness (QED) is 0.849. The fourth-order valence-electron chi connectivity index (χ4n) is 3.78. The molecular weight excluding hydrogens is 352 g/mol. The predicted octanol–water partition coefficient (Wildman–Crippen LogP) is 3.22. The number of nitrogens with one attached hydrogen (secondary N) is 1. The van der Waals surface area contributed by atoms with E-state index in [-0.39, 0.29) is 18.3 Å². The molecular formula is C20H31ClN2O3. The minimum Gasteiger partial charge on any atom is -0.493 e. The molecule has 1 N–H and O–H groups in total. The van der Waals surface area contributed by atoms with Crippen molar-refractivity contribution >= 4 is 18.3 Å². The second kappa shape index (κ2) is 9.47. The molecule has 6 heteroatoms. The Morgan fingerprint density at radius 2 is 1.85 bits per heavy atom. The molecule has 0 unspecified atom stereocenters. The van der Waals surface area contributed by atoms with E-state index in [0.29, 0.717) is 29.6 Å². The van der Waals surface area contributed by atoms with Crippen LogP contribution in [0.2, 0.25) is 0 Å². The number of methoxy groups -OCH3 is 1. The van der Waals surface area contributed by atoms with Crippen molar-refractivity contribution in [1.29, 1.82) is 0 Å². The molecule has 2 aliphatic rings. The summed E-state index contributed by atoms with van der Waals surface area (Å²) in [6.07, 6.45) is 2.19. The number of fused-ring (bicyclic) bond motifs is 1. The highest BCUT2D eigenvalue weighted by atomic mass is 35.5. The number of nitrogens with zero attached hydrogens (tertiary/aromatic N) is 1. The first-order valence-corrected chi connectivity index (χ1v) is 9.39. The number of rotatable bonds is 5. The van der Waals surface area contributed by atoms with E-state index in [1.165, 1.54) is 0 Å². The average molecular weight is 383 g/mol. The molecule has 2 aliphatic heterocycles. The summed E-state index contributed by atoms with van der Waals surface area (Å²) >= 11 is 0. The van der Waals surface area contributed by atoms with Gasteiger partial charge in [0.1, 0.15) is 0 Å². The van der Waals surface area contributed by atoms with E-state index < -0.39 is 0 Å². The summed E-state index contributed by atoms with van der Waals surface area (Å²) in [4.78, 5) is 14.9. The van der Waals surface area contributed by atoms with Crippen molar-refractivity contribution in [2.24, 2.45) is 17.8 Å². The molecule has 0 aliphatic carbocycles. The number of hydrogen-bond donors (Lipinski definition) is 1. The van der Waals surface area contributed by atoms with Gasteiger partial charge in [-0.3, -0.25) is 4.79 Å². The molecule has 0 radical (unpaired) electrons. The van der Waals surface area contributed by atoms with Crippen LogP contribution in [0.15, 0.2) is 18.2 Å². The Kier molecular flexibility index (Phi) is 7.59. The lowest BCUT2D eigenvalue weighted by atomic mass is 9.92. The summed E-state index contributed by atoms with van der Waals surface area (Å²) in [6, 6.07) is 5.52. The number of hydrogen-bond acceptors (Lipinski definition) is 4. The number of benzene rings is 1. The van der Waals surface area contributed by atoms with Crippen LogP contribution >= 0.6 is 12.4 Å². The summed E-state index contributed by atoms with van der Waals surface area (Å²) in [7, 11) is 1.62. The molecule has 1 aromatic carbocycles. The maximum absolute atomic E-state index is 12.9. The van der Waals surface area contributed by atoms with Crippen molar-refractivity contribution in [1.82, 2.24) is 10.2 Å². The van der Waals surface area contributed by atoms with Crippen LogP contribution in [-0.2, 0) is 0 Å². The molecule has 1 amide bonds. The van der Waals surface area contributed by atoms with Gasteiger partial charge in [-0.05, 0) is 61.9 Å². The number of ether oxygens (including phenoxy) is 2. The standard InChI is InChI=1S/C20H30N2O3.ClH/c1-14(2)13-25-18-5-4-15(10-19(18)24-3)20(23)22-8-6-16-11-21-12-17(16)7-9-22;/h4-5,10,14,16-17,21H,6-9,11-13H2,1-3H3;1H/t16-,17+;. The van der Waals surface area contributed by atoms with Gasteiger partial charge < -0.3 is 19.7 Å². The van der Waals surface area contributed by atoms with Gasteiger partial charge in [-0.25, -0.2) is 0 Å². The monoisotopic (exact) mass is 382 g/mol. The zero-order valence-electron chi connectivity index (χ0n) is 16.0. The SMILES string of the molecule is COc1cc(C(=O)N2CC[C@@H]3CNC[C@@H]3CC2)ccc1OCC(C)C.Cl. The van der Waals surface area contributed by atoms with Gasteiger partial charge >= 0.3 is 0 Å². The van der Waals surface area contributed by atoms with Crippen molar-refractivity contribution in [3.63, 3.8) is 0 Å². The molecule has 2 fully saturated rings. The third-order valence-electron chi connectivity index (χ3n) is 5.29. The van der Waals surface area contributed by atoms with Gasteiger partial charge in [0, 0.05) is 18.7 Å². The summed E-state index contributed by atoms with van der Waals surface area (Å²) < 4.78 is 11.2. The maximum atomic E-state index is 12.9. The minimum atomic E-state index is 0. The first-order valence-electron chi connectivity index (χ1n) is 9.39. The number of halogens is 1. The first kappa shape index (κ1) is 20.8. The maximum Gasteiger partial charge on any atom is 0.253 e. The van der Waals surface area contributed by atoms with Gasteiger partial charge in [-0.2, -0.15) is 0 Å². The number of likely N-dealkylation sites (tertiary alicyclic amines) is 1. The number of amides is 1. The van der Waals surface area contributed by atoms with Gasteiger partial charge in [0.05, 0.1) is 13.7 Å². The van der Waals surface area contributed by atoms with Crippen LogP contribution in [0.25, 0.3) is 0 Å². The molecule has 0 bridgehead atoms. The van der Waals surface area contributed by atoms with Gasteiger partial charge in [-0.15, -0.1) is 12.4 Å². The molecule has 2 heterocycles. The third-order valence-corrected chi connectivity index (χ3v) is 5.29. The Hall–Kier alpha value is -1.46. The van der Waals surface area contributed by atoms with Gasteiger partial charge in [-0.1, -0.05) is 13.8 Å². The zero-order valence-corrected chi connectivity index (χ0v) is 16.8. The van der Waals surface area contributed by atoms with Crippen LogP contribution in [0.4, 0.5) is 0 Å². The summed E-state index contributed by atoms with van der Waals surface area (Å²) in [5, 5.41) is 3.48. The largest absolute Gasteiger partial charge is 0.493 e. The van der Waals surface area contributed by atoms with E-state index in [2.05, 4.69) is 19.2 Å². The highest BCUT2D eigenvalue weighted by molar-refractivity contribution is 5.95. The zero-order chi connectivity index (χ0) is 17.8. The second-order valence-corrected chi connectivity index (χ2v) is 7.62. The van der Waals surface area contributed by atoms with E-state index in [1.807, 2.05) is 23.1 Å². The number of carbonyl (C=O) groups excluding carboxylic acids is 1. The van der Waals surface area contributed by atoms with Crippen LogP contribution in [0, 0.1) is 17.8 Å². The lowest BCUT2D eigenvalue weighted by Gasteiger charge is -2.22. The van der Waals surface area contributed by atoms with Gasteiger partial charge in [0.15, 0.2) is 11.5 Å². The van der Waals surface area contributed by atoms with Crippen LogP contribution in [0.1, 0.15) is 37.0 Å². The van der Waals surface area contributed by atoms with Crippen molar-refractivity contribution in [2.75, 3.05) is 39.9 Å². The Labute approximate surface area is 162 Å². The molecule has 2 saturated heterocycles. The molecule has 5 nitrogen and oxygen atoms in total. The summed E-state index contributed by atoms with van der Waals surface area (Å²) in [6.45, 7) is 8.73. The first-order chi connectivity index (χ1) is 12.1. The third kappa shape index (κ3) is 4.83. The molecule has 0 aromatic heterocycles. The second-order valence-electron chi connectivity index (χ2n) is 7.62. The minimum absolute atomic E-state index is 0. The Morgan fingerprint density at radius 3 is 2.42 bits per heavy atom. The molecule has 2 atom stereocenters. The van der Waals surface area contributed by atoms with Crippen molar-refractivity contribution in [3.8, 4) is 11.5 Å². The summed E-state index contributed by atoms with van der Waals surface area (Å²) in [5.41, 5.74) is 0.680. The molecule has 146 valence electrons. The molecule has 1 aromatic rings. The van der Waals surface area contributed by atoms with Crippen molar-refractivity contribution < 1.29 is 14.3 Å². The Balaban J connectivity index is 0.00000243. The fourth-order valence-corrected chi connectivity index (χ4v) is 3.78. The number of carbonyl (C=O) groups is 1. The topological polar surface area (TPSA) is 50.8 Å². The lowest BCUT2D eigenvalue weighted by Crippen LogP contribution is -2.32. The van der Waals surface area contributed by atoms with E-state index in [9.17, 15) is 4.79 Å². The summed E-state index contributed by atoms with van der Waals surface area (Å²) in [5.74, 6) is 3.31. The van der Waals surface area contributed by atoms with Gasteiger partial charge in [0.2, 0.25) is 0 Å². The highest BCUT2D eigenvalue weighted by Gasteiger charge is 2.31. The predicted molar refractivity (Wildman–Crippen MR) is 106 cm³/mol. The van der Waals surface area contributed by atoms with Crippen LogP contribution in [-0.4, -0.2) is 50.7 Å². The average Bonchev–Trinajstić information content (AvgIpc) is 2.97. The Bertz CT molecular complexity index is 595. The van der Waals surface area contributed by atoms with Crippen molar-refractivity contribution in [3.05, 3.63) is 23.8 Å². The highest BCUT2D eigenvalue weighted by Crippen LogP contribution is 2.31. The fraction of sp³-hybridized carbons (Fsp3) is 0.650. The van der Waals surface area contributed by atoms with Crippen LogP contribution < -0.4 is 14.8 Å². The molecule has 3 rings (SSSR count). The van der Waals surface area contributed by atoms with Crippen LogP contribution in [0.3, 0.4) is 0 Å². The van der Waals surface area contributed by atoms with Gasteiger partial charge in [0.25, 0.3) is 5.91 Å².